The Bertz CT molecular complexity index is 1150. The Labute approximate surface area is 244 Å². The Hall–Kier alpha value is -3.23. The predicted molar refractivity (Wildman–Crippen MR) is 161 cm³/mol. The van der Waals surface area contributed by atoms with Gasteiger partial charge in [-0.1, -0.05) is 69.5 Å². The minimum absolute atomic E-state index is 0.00822. The lowest BCUT2D eigenvalue weighted by Gasteiger charge is -2.36. The van der Waals surface area contributed by atoms with E-state index in [4.69, 9.17) is 0 Å². The summed E-state index contributed by atoms with van der Waals surface area (Å²) in [5.74, 6) is 0.289. The number of piperazine rings is 1. The fraction of sp³-hybridized carbons (Fsp3) is 0.545. The number of hydrogen-bond acceptors (Lipinski definition) is 5. The van der Waals surface area contributed by atoms with Gasteiger partial charge in [0.15, 0.2) is 0 Å². The molecule has 0 radical (unpaired) electrons. The van der Waals surface area contributed by atoms with E-state index in [2.05, 4.69) is 15.5 Å². The van der Waals surface area contributed by atoms with Crippen molar-refractivity contribution < 1.29 is 19.5 Å². The van der Waals surface area contributed by atoms with Gasteiger partial charge in [0.25, 0.3) is 0 Å². The highest BCUT2D eigenvalue weighted by Gasteiger charge is 2.29. The van der Waals surface area contributed by atoms with Crippen molar-refractivity contribution in [3.63, 3.8) is 0 Å². The first-order chi connectivity index (χ1) is 19.9. The van der Waals surface area contributed by atoms with Crippen molar-refractivity contribution in [2.24, 2.45) is 11.8 Å². The van der Waals surface area contributed by atoms with Crippen LogP contribution in [0.3, 0.4) is 0 Å². The molecule has 1 unspecified atom stereocenters. The second kappa shape index (κ2) is 15.1. The quantitative estimate of drug-likeness (QED) is 0.383. The molecule has 0 aromatic heterocycles. The molecule has 2 fully saturated rings. The molecule has 3 amide bonds. The number of carbonyl (C=O) groups excluding carboxylic acids is 3. The number of hydrogen-bond donors (Lipinski definition) is 3. The summed E-state index contributed by atoms with van der Waals surface area (Å²) in [5, 5.41) is 15.6. The average Bonchev–Trinajstić information content (AvgIpc) is 3.01. The molecule has 41 heavy (non-hydrogen) atoms. The van der Waals surface area contributed by atoms with E-state index in [1.165, 1.54) is 19.3 Å². The summed E-state index contributed by atoms with van der Waals surface area (Å²) in [6, 6.07) is 14.9. The summed E-state index contributed by atoms with van der Waals surface area (Å²) >= 11 is 0. The third-order valence-electron chi connectivity index (χ3n) is 8.75. The number of nitrogens with zero attached hydrogens (tertiary/aromatic N) is 2. The molecule has 1 heterocycles. The highest BCUT2D eigenvalue weighted by atomic mass is 16.3. The number of benzene rings is 2. The monoisotopic (exact) mass is 562 g/mol. The molecule has 1 saturated heterocycles. The summed E-state index contributed by atoms with van der Waals surface area (Å²) in [6.45, 7) is 7.19. The van der Waals surface area contributed by atoms with Gasteiger partial charge in [0, 0.05) is 57.2 Å². The molecule has 222 valence electrons. The van der Waals surface area contributed by atoms with Crippen LogP contribution in [-0.2, 0) is 34.0 Å². The highest BCUT2D eigenvalue weighted by molar-refractivity contribution is 5.92. The van der Waals surface area contributed by atoms with Crippen LogP contribution in [0.15, 0.2) is 48.5 Å². The molecule has 1 saturated carbocycles. The van der Waals surface area contributed by atoms with Gasteiger partial charge in [0.1, 0.15) is 6.04 Å². The van der Waals surface area contributed by atoms with Crippen molar-refractivity contribution in [3.05, 3.63) is 65.2 Å². The normalized spacial score (nSPS) is 18.0. The summed E-state index contributed by atoms with van der Waals surface area (Å²) in [6.07, 6.45) is 6.64. The van der Waals surface area contributed by atoms with E-state index < -0.39 is 6.04 Å². The predicted octanol–water partition coefficient (Wildman–Crippen LogP) is 4.12. The fourth-order valence-corrected chi connectivity index (χ4v) is 6.01. The Morgan fingerprint density at radius 1 is 0.927 bits per heavy atom. The van der Waals surface area contributed by atoms with E-state index in [1.54, 1.807) is 6.92 Å². The van der Waals surface area contributed by atoms with Gasteiger partial charge in [0.05, 0.1) is 6.61 Å². The lowest BCUT2D eigenvalue weighted by atomic mass is 9.80. The lowest BCUT2D eigenvalue weighted by molar-refractivity contribution is -0.138. The lowest BCUT2D eigenvalue weighted by Crippen LogP contribution is -2.55. The van der Waals surface area contributed by atoms with Crippen LogP contribution in [0.1, 0.15) is 69.1 Å². The van der Waals surface area contributed by atoms with Crippen LogP contribution >= 0.6 is 0 Å². The molecule has 1 aliphatic carbocycles. The topological polar surface area (TPSA) is 102 Å². The van der Waals surface area contributed by atoms with Crippen LogP contribution in [0.2, 0.25) is 0 Å². The standard InChI is InChI=1S/C33H46N4O4/c1-3-31(39)35-30(33(41)37-19-17-36(18-20-37)22-27-11-7-8-12-28(27)23-38)21-25-13-15-29(16-14-25)34-32(40)24(2)26-9-5-4-6-10-26/h7-8,11-16,24,26,30,38H,3-6,9-10,17-23H2,1-2H3,(H,34,40)(H,35,39)/t24-,30?/m0/s1. The summed E-state index contributed by atoms with van der Waals surface area (Å²) in [5.41, 5.74) is 3.71. The molecule has 0 bridgehead atoms. The maximum Gasteiger partial charge on any atom is 0.245 e. The molecule has 8 heteroatoms. The summed E-state index contributed by atoms with van der Waals surface area (Å²) in [4.78, 5) is 42.8. The minimum Gasteiger partial charge on any atom is -0.392 e. The van der Waals surface area contributed by atoms with E-state index in [9.17, 15) is 19.5 Å². The SMILES string of the molecule is CCC(=O)NC(Cc1ccc(NC(=O)[C@@H](C)C2CCCCC2)cc1)C(=O)N1CCN(Cc2ccccc2CO)CC1. The number of rotatable bonds is 11. The number of aliphatic hydroxyl groups excluding tert-OH is 1. The Morgan fingerprint density at radius 3 is 2.22 bits per heavy atom. The molecule has 8 nitrogen and oxygen atoms in total. The molecular weight excluding hydrogens is 516 g/mol. The zero-order valence-corrected chi connectivity index (χ0v) is 24.6. The Morgan fingerprint density at radius 2 is 1.59 bits per heavy atom. The first kappa shape index (κ1) is 30.7. The molecule has 2 aliphatic rings. The van der Waals surface area contributed by atoms with E-state index in [-0.39, 0.29) is 30.2 Å². The maximum atomic E-state index is 13.6. The van der Waals surface area contributed by atoms with E-state index in [0.717, 1.165) is 54.9 Å². The zero-order valence-electron chi connectivity index (χ0n) is 24.6. The van der Waals surface area contributed by atoms with Crippen LogP contribution < -0.4 is 10.6 Å². The Kier molecular flexibility index (Phi) is 11.3. The minimum atomic E-state index is -0.643. The second-order valence-electron chi connectivity index (χ2n) is 11.6. The van der Waals surface area contributed by atoms with E-state index in [1.807, 2.05) is 60.4 Å². The number of amides is 3. The maximum absolute atomic E-state index is 13.6. The van der Waals surface area contributed by atoms with Gasteiger partial charge in [-0.25, -0.2) is 0 Å². The third kappa shape index (κ3) is 8.63. The number of nitrogens with one attached hydrogen (secondary N) is 2. The first-order valence-electron chi connectivity index (χ1n) is 15.3. The van der Waals surface area contributed by atoms with Gasteiger partial charge < -0.3 is 20.6 Å². The smallest absolute Gasteiger partial charge is 0.245 e. The van der Waals surface area contributed by atoms with Crippen molar-refractivity contribution in [1.29, 1.82) is 0 Å². The molecule has 4 rings (SSSR count). The molecular formula is C33H46N4O4. The van der Waals surface area contributed by atoms with Gasteiger partial charge in [-0.2, -0.15) is 0 Å². The first-order valence-corrected chi connectivity index (χ1v) is 15.3. The number of carbonyl (C=O) groups is 3. The molecule has 0 spiro atoms. The van der Waals surface area contributed by atoms with Crippen molar-refractivity contribution in [2.75, 3.05) is 31.5 Å². The van der Waals surface area contributed by atoms with Crippen LogP contribution in [0.4, 0.5) is 5.69 Å². The van der Waals surface area contributed by atoms with Crippen molar-refractivity contribution >= 4 is 23.4 Å². The summed E-state index contributed by atoms with van der Waals surface area (Å²) < 4.78 is 0. The van der Waals surface area contributed by atoms with Gasteiger partial charge in [-0.15, -0.1) is 0 Å². The van der Waals surface area contributed by atoms with Gasteiger partial charge in [0.2, 0.25) is 17.7 Å². The van der Waals surface area contributed by atoms with Gasteiger partial charge in [-0.05, 0) is 47.6 Å². The van der Waals surface area contributed by atoms with Crippen LogP contribution in [0.5, 0.6) is 0 Å². The molecule has 2 aromatic rings. The molecule has 2 atom stereocenters. The Balaban J connectivity index is 1.33. The van der Waals surface area contributed by atoms with E-state index in [0.29, 0.717) is 31.8 Å². The van der Waals surface area contributed by atoms with Crippen LogP contribution in [0.25, 0.3) is 0 Å². The average molecular weight is 563 g/mol. The third-order valence-corrected chi connectivity index (χ3v) is 8.75. The number of aliphatic hydroxyl groups is 1. The van der Waals surface area contributed by atoms with Crippen molar-refractivity contribution in [2.45, 2.75) is 78.0 Å². The van der Waals surface area contributed by atoms with Crippen molar-refractivity contribution in [3.8, 4) is 0 Å². The van der Waals surface area contributed by atoms with E-state index >= 15 is 0 Å². The largest absolute Gasteiger partial charge is 0.392 e. The molecule has 2 aromatic carbocycles. The van der Waals surface area contributed by atoms with Gasteiger partial charge in [-0.3, -0.25) is 19.3 Å². The van der Waals surface area contributed by atoms with Crippen LogP contribution in [-0.4, -0.2) is 64.8 Å². The zero-order chi connectivity index (χ0) is 29.2. The van der Waals surface area contributed by atoms with Crippen LogP contribution in [0, 0.1) is 11.8 Å². The highest BCUT2D eigenvalue weighted by Crippen LogP contribution is 2.30. The molecule has 1 aliphatic heterocycles. The second-order valence-corrected chi connectivity index (χ2v) is 11.6. The summed E-state index contributed by atoms with van der Waals surface area (Å²) in [7, 11) is 0. The number of anilines is 1. The van der Waals surface area contributed by atoms with Gasteiger partial charge >= 0.3 is 0 Å². The van der Waals surface area contributed by atoms with Crippen molar-refractivity contribution in [1.82, 2.24) is 15.1 Å². The fourth-order valence-electron chi connectivity index (χ4n) is 6.01. The molecule has 3 N–H and O–H groups in total.